The van der Waals surface area contributed by atoms with Crippen LogP contribution in [0.2, 0.25) is 5.02 Å². The highest BCUT2D eigenvalue weighted by molar-refractivity contribution is 6.32. The van der Waals surface area contributed by atoms with Gasteiger partial charge in [0, 0.05) is 5.02 Å². The molecule has 23 heavy (non-hydrogen) atoms. The Balaban J connectivity index is 3.24. The van der Waals surface area contributed by atoms with E-state index < -0.39 is 29.1 Å². The monoisotopic (exact) mass is 340 g/mol. The standard InChI is InChI=1S/C17H21ClO5/c1-5-22-15(20)13(16(21)23-6-2)14(19)17(3,4)11-9-7-8-10-12(11)18/h7-10,13H,5-6H2,1-4H3. The molecule has 5 nitrogen and oxygen atoms in total. The van der Waals surface area contributed by atoms with E-state index in [2.05, 4.69) is 0 Å². The molecule has 0 atom stereocenters. The second-order valence-corrected chi connectivity index (χ2v) is 5.81. The molecule has 0 radical (unpaired) electrons. The Morgan fingerprint density at radius 2 is 1.52 bits per heavy atom. The highest BCUT2D eigenvalue weighted by Gasteiger charge is 2.45. The minimum atomic E-state index is -1.62. The number of ether oxygens (including phenoxy) is 2. The van der Waals surface area contributed by atoms with Gasteiger partial charge in [0.05, 0.1) is 18.6 Å². The SMILES string of the molecule is CCOC(=O)C(C(=O)OCC)C(=O)C(C)(C)c1ccccc1Cl. The summed E-state index contributed by atoms with van der Waals surface area (Å²) in [4.78, 5) is 37.1. The summed E-state index contributed by atoms with van der Waals surface area (Å²) in [6.45, 7) is 6.56. The third-order valence-corrected chi connectivity index (χ3v) is 3.80. The Morgan fingerprint density at radius 3 is 1.96 bits per heavy atom. The van der Waals surface area contributed by atoms with E-state index in [0.29, 0.717) is 10.6 Å². The Kier molecular flexibility index (Phi) is 6.76. The molecule has 0 fully saturated rings. The summed E-state index contributed by atoms with van der Waals surface area (Å²) in [5.41, 5.74) is -0.618. The smallest absolute Gasteiger partial charge is 0.328 e. The summed E-state index contributed by atoms with van der Waals surface area (Å²) in [5, 5.41) is 0.386. The fraction of sp³-hybridized carbons (Fsp3) is 0.471. The summed E-state index contributed by atoms with van der Waals surface area (Å²) >= 11 is 6.15. The maximum atomic E-state index is 12.9. The molecule has 0 aromatic heterocycles. The highest BCUT2D eigenvalue weighted by Crippen LogP contribution is 2.33. The molecular weight excluding hydrogens is 320 g/mol. The molecule has 0 unspecified atom stereocenters. The largest absolute Gasteiger partial charge is 0.465 e. The molecule has 0 amide bonds. The zero-order valence-electron chi connectivity index (χ0n) is 13.7. The average molecular weight is 341 g/mol. The third kappa shape index (κ3) is 4.32. The van der Waals surface area contributed by atoms with Gasteiger partial charge in [0.1, 0.15) is 0 Å². The molecule has 0 bridgehead atoms. The number of hydrogen-bond acceptors (Lipinski definition) is 5. The first-order valence-electron chi connectivity index (χ1n) is 7.39. The molecule has 0 heterocycles. The quantitative estimate of drug-likeness (QED) is 0.564. The van der Waals surface area contributed by atoms with Gasteiger partial charge in [-0.05, 0) is 39.3 Å². The van der Waals surface area contributed by atoms with E-state index in [1.165, 1.54) is 0 Å². The normalized spacial score (nSPS) is 11.2. The molecule has 1 aromatic carbocycles. The van der Waals surface area contributed by atoms with Gasteiger partial charge in [0.2, 0.25) is 5.92 Å². The van der Waals surface area contributed by atoms with E-state index in [4.69, 9.17) is 21.1 Å². The minimum absolute atomic E-state index is 0.0640. The first kappa shape index (κ1) is 19.2. The number of benzene rings is 1. The summed E-state index contributed by atoms with van der Waals surface area (Å²) in [6.07, 6.45) is 0. The lowest BCUT2D eigenvalue weighted by Gasteiger charge is -2.27. The zero-order chi connectivity index (χ0) is 17.6. The van der Waals surface area contributed by atoms with Crippen LogP contribution < -0.4 is 0 Å². The number of esters is 2. The summed E-state index contributed by atoms with van der Waals surface area (Å²) in [6, 6.07) is 6.81. The van der Waals surface area contributed by atoms with E-state index >= 15 is 0 Å². The third-order valence-electron chi connectivity index (χ3n) is 3.47. The molecule has 0 aliphatic carbocycles. The lowest BCUT2D eigenvalue weighted by atomic mass is 9.75. The Labute approximate surface area is 140 Å². The average Bonchev–Trinajstić information content (AvgIpc) is 2.48. The number of halogens is 1. The van der Waals surface area contributed by atoms with Gasteiger partial charge in [-0.3, -0.25) is 14.4 Å². The van der Waals surface area contributed by atoms with Crippen molar-refractivity contribution in [1.82, 2.24) is 0 Å². The zero-order valence-corrected chi connectivity index (χ0v) is 14.5. The van der Waals surface area contributed by atoms with Gasteiger partial charge in [0.15, 0.2) is 5.78 Å². The maximum Gasteiger partial charge on any atom is 0.328 e. The van der Waals surface area contributed by atoms with Crippen LogP contribution in [0.5, 0.6) is 0 Å². The number of Topliss-reactive ketones (excluding diaryl/α,β-unsaturated/α-hetero) is 1. The van der Waals surface area contributed by atoms with Crippen LogP contribution in [0.4, 0.5) is 0 Å². The summed E-state index contributed by atoms with van der Waals surface area (Å²) < 4.78 is 9.72. The highest BCUT2D eigenvalue weighted by atomic mass is 35.5. The Hall–Kier alpha value is -1.88. The van der Waals surface area contributed by atoms with Crippen molar-refractivity contribution in [1.29, 1.82) is 0 Å². The van der Waals surface area contributed by atoms with Crippen molar-refractivity contribution in [2.24, 2.45) is 5.92 Å². The Morgan fingerprint density at radius 1 is 1.04 bits per heavy atom. The van der Waals surface area contributed by atoms with Crippen LogP contribution in [0.1, 0.15) is 33.3 Å². The molecule has 0 N–H and O–H groups in total. The number of ketones is 1. The van der Waals surface area contributed by atoms with Gasteiger partial charge < -0.3 is 9.47 Å². The minimum Gasteiger partial charge on any atom is -0.465 e. The van der Waals surface area contributed by atoms with Gasteiger partial charge in [-0.2, -0.15) is 0 Å². The molecule has 0 spiro atoms. The number of hydrogen-bond donors (Lipinski definition) is 0. The van der Waals surface area contributed by atoms with Crippen LogP contribution >= 0.6 is 11.6 Å². The van der Waals surface area contributed by atoms with Crippen LogP contribution in [0.25, 0.3) is 0 Å². The number of carbonyl (C=O) groups is 3. The van der Waals surface area contributed by atoms with E-state index in [9.17, 15) is 14.4 Å². The fourth-order valence-corrected chi connectivity index (χ4v) is 2.60. The van der Waals surface area contributed by atoms with E-state index in [1.54, 1.807) is 52.0 Å². The van der Waals surface area contributed by atoms with Gasteiger partial charge >= 0.3 is 11.9 Å². The predicted octanol–water partition coefficient (Wildman–Crippen LogP) is 2.93. The lowest BCUT2D eigenvalue weighted by Crippen LogP contribution is -2.44. The predicted molar refractivity (Wildman–Crippen MR) is 86.2 cm³/mol. The van der Waals surface area contributed by atoms with Crippen molar-refractivity contribution in [3.63, 3.8) is 0 Å². The van der Waals surface area contributed by atoms with Gasteiger partial charge in [0.25, 0.3) is 0 Å². The molecule has 0 aliphatic heterocycles. The topological polar surface area (TPSA) is 69.7 Å². The van der Waals surface area contributed by atoms with E-state index in [0.717, 1.165) is 0 Å². The van der Waals surface area contributed by atoms with Crippen molar-refractivity contribution < 1.29 is 23.9 Å². The fourth-order valence-electron chi connectivity index (χ4n) is 2.22. The Bertz CT molecular complexity index is 576. The van der Waals surface area contributed by atoms with Crippen molar-refractivity contribution >= 4 is 29.3 Å². The number of carbonyl (C=O) groups excluding carboxylic acids is 3. The molecule has 1 rings (SSSR count). The van der Waals surface area contributed by atoms with E-state index in [1.807, 2.05) is 0 Å². The maximum absolute atomic E-state index is 12.9. The van der Waals surface area contributed by atoms with Crippen molar-refractivity contribution in [2.75, 3.05) is 13.2 Å². The lowest BCUT2D eigenvalue weighted by molar-refractivity contribution is -0.165. The van der Waals surface area contributed by atoms with Crippen LogP contribution in [0.3, 0.4) is 0 Å². The van der Waals surface area contributed by atoms with Crippen molar-refractivity contribution in [3.05, 3.63) is 34.9 Å². The van der Waals surface area contributed by atoms with Gasteiger partial charge in [-0.15, -0.1) is 0 Å². The molecule has 126 valence electrons. The summed E-state index contributed by atoms with van der Waals surface area (Å²) in [7, 11) is 0. The van der Waals surface area contributed by atoms with Crippen LogP contribution in [-0.2, 0) is 29.3 Å². The van der Waals surface area contributed by atoms with Crippen molar-refractivity contribution in [2.45, 2.75) is 33.1 Å². The molecule has 0 saturated carbocycles. The molecule has 6 heteroatoms. The summed E-state index contributed by atoms with van der Waals surface area (Å²) in [5.74, 6) is -4.05. The molecule has 0 aliphatic rings. The first-order chi connectivity index (χ1) is 10.8. The van der Waals surface area contributed by atoms with Crippen LogP contribution in [-0.4, -0.2) is 30.9 Å². The van der Waals surface area contributed by atoms with Crippen LogP contribution in [0, 0.1) is 5.92 Å². The second-order valence-electron chi connectivity index (χ2n) is 5.41. The van der Waals surface area contributed by atoms with Gasteiger partial charge in [-0.1, -0.05) is 29.8 Å². The molecule has 0 saturated heterocycles. The van der Waals surface area contributed by atoms with Crippen LogP contribution in [0.15, 0.2) is 24.3 Å². The first-order valence-corrected chi connectivity index (χ1v) is 7.77. The number of rotatable bonds is 7. The molecule has 1 aromatic rings. The van der Waals surface area contributed by atoms with E-state index in [-0.39, 0.29) is 13.2 Å². The molecular formula is C17H21ClO5. The van der Waals surface area contributed by atoms with Crippen molar-refractivity contribution in [3.8, 4) is 0 Å². The second kappa shape index (κ2) is 8.11. The van der Waals surface area contributed by atoms with Gasteiger partial charge in [-0.25, -0.2) is 0 Å².